The fourth-order valence-corrected chi connectivity index (χ4v) is 4.12. The molecule has 3 N–H and O–H groups in total. The first-order valence-electron chi connectivity index (χ1n) is 11.6. The van der Waals surface area contributed by atoms with Gasteiger partial charge in [0.25, 0.3) is 11.5 Å². The number of carbonyl (C=O) groups excluding carboxylic acids is 1. The lowest BCUT2D eigenvalue weighted by Crippen LogP contribution is -2.23. The van der Waals surface area contributed by atoms with Crippen molar-refractivity contribution in [2.45, 2.75) is 19.5 Å². The van der Waals surface area contributed by atoms with E-state index >= 15 is 0 Å². The Bertz CT molecular complexity index is 1590. The Kier molecular flexibility index (Phi) is 6.53. The molecule has 0 spiro atoms. The molecule has 0 radical (unpaired) electrons. The Morgan fingerprint density at radius 1 is 0.861 bits per heavy atom. The minimum atomic E-state index is -0.156. The van der Waals surface area contributed by atoms with Crippen LogP contribution in [0, 0.1) is 0 Å². The van der Waals surface area contributed by atoms with E-state index in [4.69, 9.17) is 5.73 Å². The number of hydrogen-bond acceptors (Lipinski definition) is 5. The Morgan fingerprint density at radius 3 is 2.47 bits per heavy atom. The molecule has 0 atom stereocenters. The predicted molar refractivity (Wildman–Crippen MR) is 141 cm³/mol. The van der Waals surface area contributed by atoms with Gasteiger partial charge in [-0.1, -0.05) is 42.5 Å². The lowest BCUT2D eigenvalue weighted by Gasteiger charge is -2.09. The summed E-state index contributed by atoms with van der Waals surface area (Å²) in [6, 6.07) is 24.5. The van der Waals surface area contributed by atoms with Crippen molar-refractivity contribution < 1.29 is 4.79 Å². The lowest BCUT2D eigenvalue weighted by molar-refractivity contribution is 0.0950. The van der Waals surface area contributed by atoms with E-state index in [0.29, 0.717) is 30.9 Å². The van der Waals surface area contributed by atoms with E-state index in [1.54, 1.807) is 41.4 Å². The molecular formula is C29H25N5O2. The summed E-state index contributed by atoms with van der Waals surface area (Å²) in [4.78, 5) is 33.3. The highest BCUT2D eigenvalue weighted by Crippen LogP contribution is 2.20. The molecule has 5 rings (SSSR count). The van der Waals surface area contributed by atoms with Gasteiger partial charge in [-0.3, -0.25) is 14.6 Å². The number of anilines is 1. The molecule has 0 aliphatic carbocycles. The number of hydrogen-bond donors (Lipinski definition) is 2. The van der Waals surface area contributed by atoms with Crippen LogP contribution in [0.5, 0.6) is 0 Å². The molecule has 5 aromatic rings. The van der Waals surface area contributed by atoms with Gasteiger partial charge < -0.3 is 15.6 Å². The summed E-state index contributed by atoms with van der Waals surface area (Å²) >= 11 is 0. The van der Waals surface area contributed by atoms with Crippen LogP contribution in [-0.4, -0.2) is 20.4 Å². The van der Waals surface area contributed by atoms with Gasteiger partial charge in [0.2, 0.25) is 0 Å². The molecule has 178 valence electrons. The average molecular weight is 476 g/mol. The Hall–Kier alpha value is -4.78. The summed E-state index contributed by atoms with van der Waals surface area (Å²) in [5.41, 5.74) is 10.4. The monoisotopic (exact) mass is 475 g/mol. The third kappa shape index (κ3) is 5.31. The minimum Gasteiger partial charge on any atom is -0.383 e. The number of nitrogens with two attached hydrogens (primary N) is 1. The molecule has 0 aliphatic heterocycles. The Morgan fingerprint density at radius 2 is 1.64 bits per heavy atom. The van der Waals surface area contributed by atoms with Gasteiger partial charge in [-0.15, -0.1) is 0 Å². The average Bonchev–Trinajstić information content (AvgIpc) is 2.90. The predicted octanol–water partition coefficient (Wildman–Crippen LogP) is 3.94. The third-order valence-corrected chi connectivity index (χ3v) is 6.05. The molecule has 0 unspecified atom stereocenters. The first kappa shape index (κ1) is 23.0. The first-order valence-corrected chi connectivity index (χ1v) is 11.6. The molecule has 7 heteroatoms. The summed E-state index contributed by atoms with van der Waals surface area (Å²) in [6.45, 7) is 0.927. The molecule has 0 saturated heterocycles. The second kappa shape index (κ2) is 10.2. The van der Waals surface area contributed by atoms with Crippen LogP contribution < -0.4 is 16.6 Å². The van der Waals surface area contributed by atoms with Crippen molar-refractivity contribution >= 4 is 22.5 Å². The molecule has 0 fully saturated rings. The van der Waals surface area contributed by atoms with E-state index in [1.807, 2.05) is 60.7 Å². The van der Waals surface area contributed by atoms with Crippen LogP contribution in [0.25, 0.3) is 10.8 Å². The zero-order valence-electron chi connectivity index (χ0n) is 19.6. The maximum absolute atomic E-state index is 12.8. The van der Waals surface area contributed by atoms with Gasteiger partial charge in [0.15, 0.2) is 0 Å². The number of nitrogens with zero attached hydrogens (tertiary/aromatic N) is 3. The number of fused-ring (bicyclic) bond motifs is 1. The molecule has 7 nitrogen and oxygen atoms in total. The van der Waals surface area contributed by atoms with Gasteiger partial charge in [0.1, 0.15) is 5.82 Å². The van der Waals surface area contributed by atoms with Gasteiger partial charge >= 0.3 is 0 Å². The lowest BCUT2D eigenvalue weighted by atomic mass is 10.1. The number of nitrogen functional groups attached to an aromatic ring is 1. The van der Waals surface area contributed by atoms with Gasteiger partial charge in [-0.2, -0.15) is 0 Å². The van der Waals surface area contributed by atoms with E-state index in [9.17, 15) is 9.59 Å². The zero-order chi connectivity index (χ0) is 24.9. The fraction of sp³-hybridized carbons (Fsp3) is 0.103. The van der Waals surface area contributed by atoms with Crippen LogP contribution >= 0.6 is 0 Å². The van der Waals surface area contributed by atoms with Crippen LogP contribution in [0.2, 0.25) is 0 Å². The second-order valence-corrected chi connectivity index (χ2v) is 8.63. The normalized spacial score (nSPS) is 10.9. The molecule has 0 bridgehead atoms. The quantitative estimate of drug-likeness (QED) is 0.371. The van der Waals surface area contributed by atoms with Crippen LogP contribution in [-0.2, 0) is 19.5 Å². The van der Waals surface area contributed by atoms with E-state index in [1.165, 1.54) is 0 Å². The molecular weight excluding hydrogens is 450 g/mol. The summed E-state index contributed by atoms with van der Waals surface area (Å²) in [5.74, 6) is 0.338. The number of carbonyl (C=O) groups is 1. The van der Waals surface area contributed by atoms with Crippen molar-refractivity contribution in [2.24, 2.45) is 0 Å². The van der Waals surface area contributed by atoms with E-state index < -0.39 is 0 Å². The maximum atomic E-state index is 12.8. The summed E-state index contributed by atoms with van der Waals surface area (Å²) < 4.78 is 1.67. The van der Waals surface area contributed by atoms with E-state index in [0.717, 1.165) is 33.2 Å². The summed E-state index contributed by atoms with van der Waals surface area (Å²) in [7, 11) is 0. The summed E-state index contributed by atoms with van der Waals surface area (Å²) in [5, 5.41) is 4.86. The van der Waals surface area contributed by atoms with Gasteiger partial charge in [0.05, 0.1) is 6.54 Å². The van der Waals surface area contributed by atoms with Crippen LogP contribution in [0.4, 0.5) is 5.82 Å². The van der Waals surface area contributed by atoms with Crippen molar-refractivity contribution in [2.75, 3.05) is 5.73 Å². The van der Waals surface area contributed by atoms with E-state index in [-0.39, 0.29) is 11.5 Å². The third-order valence-electron chi connectivity index (χ3n) is 6.05. The molecule has 2 aromatic carbocycles. The van der Waals surface area contributed by atoms with Crippen molar-refractivity contribution in [3.63, 3.8) is 0 Å². The minimum absolute atomic E-state index is 0.0246. The number of benzene rings is 2. The number of pyridine rings is 3. The number of aromatic nitrogens is 3. The largest absolute Gasteiger partial charge is 0.383 e. The van der Waals surface area contributed by atoms with Gasteiger partial charge in [-0.25, -0.2) is 4.98 Å². The van der Waals surface area contributed by atoms with Crippen LogP contribution in [0.3, 0.4) is 0 Å². The SMILES string of the molecule is Nc1nccc2cc(CNC(=O)c3ccnc(Cc4ccc(Cn5ccccc5=O)cc4)c3)ccc12. The van der Waals surface area contributed by atoms with Gasteiger partial charge in [-0.05, 0) is 52.4 Å². The first-order chi connectivity index (χ1) is 17.5. The highest BCUT2D eigenvalue weighted by atomic mass is 16.1. The van der Waals surface area contributed by atoms with E-state index in [2.05, 4.69) is 15.3 Å². The highest BCUT2D eigenvalue weighted by Gasteiger charge is 2.09. The maximum Gasteiger partial charge on any atom is 0.251 e. The standard InChI is InChI=1S/C29H25N5O2/c30-28-26-9-8-22(15-23(26)10-13-32-28)18-33-29(36)24-11-12-31-25(17-24)16-20-4-6-21(7-5-20)19-34-14-2-1-3-27(34)35/h1-15,17H,16,18-19H2,(H2,30,32)(H,33,36). The van der Waals surface area contributed by atoms with Gasteiger partial charge in [0, 0.05) is 54.3 Å². The fourth-order valence-electron chi connectivity index (χ4n) is 4.12. The Labute approximate surface area is 208 Å². The molecule has 3 aromatic heterocycles. The molecule has 1 amide bonds. The molecule has 0 aliphatic rings. The smallest absolute Gasteiger partial charge is 0.251 e. The number of amides is 1. The zero-order valence-corrected chi connectivity index (χ0v) is 19.6. The second-order valence-electron chi connectivity index (χ2n) is 8.63. The topological polar surface area (TPSA) is 103 Å². The highest BCUT2D eigenvalue weighted by molar-refractivity contribution is 5.94. The number of nitrogens with one attached hydrogen (secondary N) is 1. The molecule has 0 saturated carbocycles. The van der Waals surface area contributed by atoms with Crippen molar-refractivity contribution in [3.05, 3.63) is 136 Å². The molecule has 3 heterocycles. The van der Waals surface area contributed by atoms with Crippen LogP contribution in [0.15, 0.2) is 102 Å². The van der Waals surface area contributed by atoms with Crippen LogP contribution in [0.1, 0.15) is 32.7 Å². The van der Waals surface area contributed by atoms with Crippen molar-refractivity contribution in [1.29, 1.82) is 0 Å². The summed E-state index contributed by atoms with van der Waals surface area (Å²) in [6.07, 6.45) is 5.72. The Balaban J connectivity index is 1.22. The number of rotatable bonds is 7. The molecule has 36 heavy (non-hydrogen) atoms. The van der Waals surface area contributed by atoms with Crippen molar-refractivity contribution in [1.82, 2.24) is 19.9 Å². The van der Waals surface area contributed by atoms with Crippen molar-refractivity contribution in [3.8, 4) is 0 Å².